The first-order valence-electron chi connectivity index (χ1n) is 2.03. The van der Waals surface area contributed by atoms with Gasteiger partial charge < -0.3 is 0 Å². The monoisotopic (exact) mass is 99.1 g/mol. The number of allylic oxidation sites excluding steroid dienone is 2. The van der Waals surface area contributed by atoms with Crippen molar-refractivity contribution in [2.75, 3.05) is 0 Å². The second kappa shape index (κ2) is 3.59. The van der Waals surface area contributed by atoms with Crippen LogP contribution in [0.25, 0.3) is 0 Å². The summed E-state index contributed by atoms with van der Waals surface area (Å²) in [4.78, 5) is 0. The topological polar surface area (TPSA) is 0 Å². The first-order chi connectivity index (χ1) is 3.31. The molecule has 0 saturated heterocycles. The van der Waals surface area contributed by atoms with Crippen LogP contribution in [0.2, 0.25) is 0 Å². The molecular formula is C6H8F. The predicted octanol–water partition coefficient (Wildman–Crippen LogP) is 1.90. The third-order valence-electron chi connectivity index (χ3n) is 0.545. The summed E-state index contributed by atoms with van der Waals surface area (Å²) in [5, 5.41) is 0. The lowest BCUT2D eigenvalue weighted by atomic mass is 10.3. The first kappa shape index (κ1) is 6.41. The smallest absolute Gasteiger partial charge is 0.125 e. The molecule has 39 valence electrons. The molecule has 0 aromatic heterocycles. The Labute approximate surface area is 43.4 Å². The Morgan fingerprint density at radius 2 is 2.00 bits per heavy atom. The van der Waals surface area contributed by atoms with E-state index in [1.54, 1.807) is 0 Å². The van der Waals surface area contributed by atoms with Crippen LogP contribution < -0.4 is 0 Å². The molecule has 0 bridgehead atoms. The molecule has 1 unspecified atom stereocenters. The van der Waals surface area contributed by atoms with Crippen molar-refractivity contribution in [3.8, 4) is 0 Å². The zero-order valence-electron chi connectivity index (χ0n) is 4.10. The highest BCUT2D eigenvalue weighted by Crippen LogP contribution is 1.95. The van der Waals surface area contributed by atoms with Crippen LogP contribution in [0.5, 0.6) is 0 Å². The second-order valence-electron chi connectivity index (χ2n) is 1.11. The van der Waals surface area contributed by atoms with Crippen molar-refractivity contribution in [3.63, 3.8) is 0 Å². The standard InChI is InChI=1S/C6H8F/c1-3-5-6(7)4-2/h3-6H,1-2H2. The van der Waals surface area contributed by atoms with Gasteiger partial charge in [0.15, 0.2) is 0 Å². The maximum absolute atomic E-state index is 11.9. The molecule has 0 N–H and O–H groups in total. The normalized spacial score (nSPS) is 12.7. The van der Waals surface area contributed by atoms with Crippen LogP contribution in [-0.4, -0.2) is 6.17 Å². The molecule has 0 aromatic carbocycles. The van der Waals surface area contributed by atoms with Gasteiger partial charge in [-0.1, -0.05) is 12.2 Å². The number of rotatable bonds is 3. The van der Waals surface area contributed by atoms with Gasteiger partial charge >= 0.3 is 0 Å². The number of alkyl halides is 1. The van der Waals surface area contributed by atoms with Gasteiger partial charge in [0.05, 0.1) is 0 Å². The predicted molar refractivity (Wildman–Crippen MR) is 29.6 cm³/mol. The van der Waals surface area contributed by atoms with Gasteiger partial charge in [-0.25, -0.2) is 4.39 Å². The fourth-order valence-electron chi connectivity index (χ4n) is 0.209. The van der Waals surface area contributed by atoms with Gasteiger partial charge in [-0.2, -0.15) is 0 Å². The van der Waals surface area contributed by atoms with Gasteiger partial charge in [-0.15, -0.1) is 13.2 Å². The molecule has 7 heavy (non-hydrogen) atoms. The molecule has 1 radical (unpaired) electrons. The van der Waals surface area contributed by atoms with Gasteiger partial charge in [0.25, 0.3) is 0 Å². The van der Waals surface area contributed by atoms with Gasteiger partial charge in [-0.05, 0) is 0 Å². The highest BCUT2D eigenvalue weighted by molar-refractivity contribution is 5.00. The summed E-state index contributed by atoms with van der Waals surface area (Å²) in [6, 6.07) is 0. The van der Waals surface area contributed by atoms with E-state index in [2.05, 4.69) is 13.2 Å². The van der Waals surface area contributed by atoms with E-state index in [0.29, 0.717) is 0 Å². The summed E-state index contributed by atoms with van der Waals surface area (Å²) in [5.74, 6) is 0. The average molecular weight is 99.1 g/mol. The van der Waals surface area contributed by atoms with Crippen LogP contribution >= 0.6 is 0 Å². The van der Waals surface area contributed by atoms with E-state index in [4.69, 9.17) is 0 Å². The van der Waals surface area contributed by atoms with Crippen LogP contribution in [0.1, 0.15) is 0 Å². The Morgan fingerprint density at radius 1 is 1.43 bits per heavy atom. The van der Waals surface area contributed by atoms with E-state index in [1.165, 1.54) is 18.6 Å². The highest BCUT2D eigenvalue weighted by Gasteiger charge is 1.92. The van der Waals surface area contributed by atoms with E-state index in [1.807, 2.05) is 0 Å². The largest absolute Gasteiger partial charge is 0.242 e. The lowest BCUT2D eigenvalue weighted by Gasteiger charge is -1.90. The van der Waals surface area contributed by atoms with Crippen molar-refractivity contribution < 1.29 is 4.39 Å². The number of hydrogen-bond acceptors (Lipinski definition) is 0. The SMILES string of the molecule is C=C[CH]C(F)C=C. The molecular weight excluding hydrogens is 91.1 g/mol. The summed E-state index contributed by atoms with van der Waals surface area (Å²) in [6.07, 6.45) is 2.92. The molecule has 0 spiro atoms. The molecule has 1 heteroatoms. The van der Waals surface area contributed by atoms with Crippen molar-refractivity contribution >= 4 is 0 Å². The minimum Gasteiger partial charge on any atom is -0.242 e. The molecule has 0 aromatic rings. The zero-order chi connectivity index (χ0) is 5.70. The summed E-state index contributed by atoms with van der Waals surface area (Å²) in [5.41, 5.74) is 0. The molecule has 0 nitrogen and oxygen atoms in total. The number of hydrogen-bond donors (Lipinski definition) is 0. The quantitative estimate of drug-likeness (QED) is 0.474. The minimum atomic E-state index is -1.03. The maximum atomic E-state index is 11.9. The van der Waals surface area contributed by atoms with Crippen LogP contribution in [0.15, 0.2) is 25.3 Å². The molecule has 0 saturated carbocycles. The minimum absolute atomic E-state index is 1.03. The van der Waals surface area contributed by atoms with Crippen molar-refractivity contribution in [3.05, 3.63) is 31.7 Å². The Morgan fingerprint density at radius 3 is 2.14 bits per heavy atom. The van der Waals surface area contributed by atoms with Crippen LogP contribution in [-0.2, 0) is 0 Å². The first-order valence-corrected chi connectivity index (χ1v) is 2.03. The van der Waals surface area contributed by atoms with Gasteiger partial charge in [0, 0.05) is 6.42 Å². The van der Waals surface area contributed by atoms with Crippen LogP contribution in [0.4, 0.5) is 4.39 Å². The van der Waals surface area contributed by atoms with Crippen molar-refractivity contribution in [1.29, 1.82) is 0 Å². The van der Waals surface area contributed by atoms with Gasteiger partial charge in [-0.3, -0.25) is 0 Å². The third kappa shape index (κ3) is 3.23. The molecule has 1 atom stereocenters. The Bertz CT molecular complexity index is 66.6. The van der Waals surface area contributed by atoms with E-state index < -0.39 is 6.17 Å². The maximum Gasteiger partial charge on any atom is 0.125 e. The molecule has 0 aliphatic rings. The molecule has 0 heterocycles. The molecule has 0 amide bonds. The van der Waals surface area contributed by atoms with Gasteiger partial charge in [0.2, 0.25) is 0 Å². The summed E-state index contributed by atoms with van der Waals surface area (Å²) < 4.78 is 11.9. The Hall–Kier alpha value is -0.590. The summed E-state index contributed by atoms with van der Waals surface area (Å²) in [7, 11) is 0. The third-order valence-corrected chi connectivity index (χ3v) is 0.545. The van der Waals surface area contributed by atoms with Crippen molar-refractivity contribution in [1.82, 2.24) is 0 Å². The molecule has 0 aliphatic heterocycles. The zero-order valence-corrected chi connectivity index (χ0v) is 4.10. The Kier molecular flexibility index (Phi) is 3.29. The molecule has 0 fully saturated rings. The van der Waals surface area contributed by atoms with Crippen LogP contribution in [0.3, 0.4) is 0 Å². The fraction of sp³-hybridized carbons (Fsp3) is 0.167. The van der Waals surface area contributed by atoms with Crippen molar-refractivity contribution in [2.45, 2.75) is 6.17 Å². The van der Waals surface area contributed by atoms with Crippen LogP contribution in [0, 0.1) is 6.42 Å². The lowest BCUT2D eigenvalue weighted by Crippen LogP contribution is -1.89. The van der Waals surface area contributed by atoms with E-state index in [9.17, 15) is 4.39 Å². The second-order valence-corrected chi connectivity index (χ2v) is 1.11. The van der Waals surface area contributed by atoms with E-state index in [0.717, 1.165) is 0 Å². The van der Waals surface area contributed by atoms with Gasteiger partial charge in [0.1, 0.15) is 6.17 Å². The highest BCUT2D eigenvalue weighted by atomic mass is 19.1. The molecule has 0 rings (SSSR count). The fourth-order valence-corrected chi connectivity index (χ4v) is 0.209. The number of halogens is 1. The van der Waals surface area contributed by atoms with E-state index in [-0.39, 0.29) is 0 Å². The average Bonchev–Trinajstić information content (AvgIpc) is 1.68. The molecule has 0 aliphatic carbocycles. The lowest BCUT2D eigenvalue weighted by molar-refractivity contribution is 0.453. The summed E-state index contributed by atoms with van der Waals surface area (Å²) in [6.45, 7) is 6.53. The summed E-state index contributed by atoms with van der Waals surface area (Å²) >= 11 is 0. The Balaban J connectivity index is 3.15. The van der Waals surface area contributed by atoms with E-state index >= 15 is 0 Å². The van der Waals surface area contributed by atoms with Crippen molar-refractivity contribution in [2.24, 2.45) is 0 Å².